The highest BCUT2D eigenvalue weighted by molar-refractivity contribution is 6.02. The summed E-state index contributed by atoms with van der Waals surface area (Å²) >= 11 is 0. The molecule has 116 valence electrons. The molecule has 6 heteroatoms. The van der Waals surface area contributed by atoms with E-state index < -0.39 is 12.3 Å². The monoisotopic (exact) mass is 301 g/mol. The zero-order valence-electron chi connectivity index (χ0n) is 12.7. The number of imide groups is 1. The molecule has 3 rings (SSSR count). The minimum Gasteiger partial charge on any atom is -0.369 e. The van der Waals surface area contributed by atoms with E-state index in [0.29, 0.717) is 18.7 Å². The number of hydrogen-bond acceptors (Lipinski definition) is 5. The van der Waals surface area contributed by atoms with Crippen LogP contribution in [0.25, 0.3) is 0 Å². The van der Waals surface area contributed by atoms with Crippen molar-refractivity contribution < 1.29 is 14.7 Å². The maximum atomic E-state index is 12.2. The van der Waals surface area contributed by atoms with Gasteiger partial charge in [0.25, 0.3) is 0 Å². The van der Waals surface area contributed by atoms with Crippen molar-refractivity contribution in [3.05, 3.63) is 29.3 Å². The van der Waals surface area contributed by atoms with E-state index >= 15 is 0 Å². The number of aryl methyl sites for hydroxylation is 1. The number of carbonyl (C=O) groups is 2. The second-order valence-electron chi connectivity index (χ2n) is 5.64. The maximum absolute atomic E-state index is 12.2. The third-order valence-electron chi connectivity index (χ3n) is 4.23. The van der Waals surface area contributed by atoms with Gasteiger partial charge in [-0.05, 0) is 25.0 Å². The van der Waals surface area contributed by atoms with Crippen molar-refractivity contribution in [2.45, 2.75) is 45.4 Å². The van der Waals surface area contributed by atoms with E-state index in [1.165, 1.54) is 0 Å². The fraction of sp³-hybridized carbons (Fsp3) is 0.438. The number of benzene rings is 1. The number of nitrogens with one attached hydrogen (secondary N) is 1. The predicted molar refractivity (Wildman–Crippen MR) is 81.5 cm³/mol. The van der Waals surface area contributed by atoms with Gasteiger partial charge >= 0.3 is 0 Å². The van der Waals surface area contributed by atoms with Gasteiger partial charge in [-0.3, -0.25) is 14.9 Å². The van der Waals surface area contributed by atoms with Crippen molar-refractivity contribution >= 4 is 23.3 Å². The topological polar surface area (TPSA) is 82.0 Å². The van der Waals surface area contributed by atoms with E-state index in [0.717, 1.165) is 16.8 Å². The summed E-state index contributed by atoms with van der Waals surface area (Å²) in [4.78, 5) is 29.8. The molecule has 2 amide bonds. The maximum Gasteiger partial charge on any atom is 0.249 e. The lowest BCUT2D eigenvalue weighted by Crippen LogP contribution is -2.55. The number of amidine groups is 1. The van der Waals surface area contributed by atoms with Crippen LogP contribution >= 0.6 is 0 Å². The molecule has 2 unspecified atom stereocenters. The van der Waals surface area contributed by atoms with E-state index in [4.69, 9.17) is 0 Å². The summed E-state index contributed by atoms with van der Waals surface area (Å²) in [6.45, 7) is 3.85. The van der Waals surface area contributed by atoms with Crippen LogP contribution in [0.5, 0.6) is 0 Å². The Morgan fingerprint density at radius 3 is 2.86 bits per heavy atom. The van der Waals surface area contributed by atoms with Gasteiger partial charge in [0, 0.05) is 18.4 Å². The zero-order valence-corrected chi connectivity index (χ0v) is 12.7. The van der Waals surface area contributed by atoms with Crippen LogP contribution in [-0.4, -0.2) is 33.7 Å². The molecule has 0 bridgehead atoms. The van der Waals surface area contributed by atoms with E-state index in [1.54, 1.807) is 4.90 Å². The average molecular weight is 301 g/mol. The molecular formula is C16H19N3O3. The summed E-state index contributed by atoms with van der Waals surface area (Å²) in [6, 6.07) is 5.11. The number of fused-ring (bicyclic) bond motifs is 1. The number of aliphatic hydroxyl groups is 1. The number of amides is 2. The van der Waals surface area contributed by atoms with Crippen molar-refractivity contribution in [2.24, 2.45) is 4.99 Å². The Morgan fingerprint density at radius 1 is 1.41 bits per heavy atom. The summed E-state index contributed by atoms with van der Waals surface area (Å²) in [5.74, 6) is 0.0351. The van der Waals surface area contributed by atoms with Crippen LogP contribution in [0.3, 0.4) is 0 Å². The molecule has 1 saturated heterocycles. The SMILES string of the molecule is CCC1=Nc2cccc(C)c2C(O)N1C1CCC(=O)NC1=O. The molecule has 1 aromatic carbocycles. The Morgan fingerprint density at radius 2 is 2.18 bits per heavy atom. The van der Waals surface area contributed by atoms with Gasteiger partial charge in [0.2, 0.25) is 11.8 Å². The number of aliphatic imine (C=N–C) groups is 1. The molecule has 1 fully saturated rings. The average Bonchev–Trinajstić information content (AvgIpc) is 2.48. The number of aliphatic hydroxyl groups excluding tert-OH is 1. The van der Waals surface area contributed by atoms with Crippen molar-refractivity contribution in [1.82, 2.24) is 10.2 Å². The Kier molecular flexibility index (Phi) is 3.70. The van der Waals surface area contributed by atoms with Crippen molar-refractivity contribution in [1.29, 1.82) is 0 Å². The Bertz CT molecular complexity index is 669. The molecule has 1 aromatic rings. The molecule has 2 aliphatic heterocycles. The van der Waals surface area contributed by atoms with E-state index in [1.807, 2.05) is 32.0 Å². The van der Waals surface area contributed by atoms with Crippen LogP contribution in [0.15, 0.2) is 23.2 Å². The highest BCUT2D eigenvalue weighted by Gasteiger charge is 2.39. The molecule has 2 heterocycles. The van der Waals surface area contributed by atoms with Crippen molar-refractivity contribution in [3.63, 3.8) is 0 Å². The normalized spacial score (nSPS) is 24.7. The van der Waals surface area contributed by atoms with Gasteiger partial charge in [-0.15, -0.1) is 0 Å². The van der Waals surface area contributed by atoms with Gasteiger partial charge in [0.15, 0.2) is 6.23 Å². The lowest BCUT2D eigenvalue weighted by Gasteiger charge is -2.41. The highest BCUT2D eigenvalue weighted by Crippen LogP contribution is 2.38. The van der Waals surface area contributed by atoms with Crippen LogP contribution in [0.1, 0.15) is 43.5 Å². The van der Waals surface area contributed by atoms with Crippen LogP contribution < -0.4 is 5.32 Å². The number of hydrogen-bond donors (Lipinski definition) is 2. The predicted octanol–water partition coefficient (Wildman–Crippen LogP) is 1.55. The second-order valence-corrected chi connectivity index (χ2v) is 5.64. The molecule has 0 radical (unpaired) electrons. The smallest absolute Gasteiger partial charge is 0.249 e. The standard InChI is InChI=1S/C16H19N3O3/c1-3-12-17-10-6-4-5-9(2)14(10)16(22)19(12)11-7-8-13(20)18-15(11)21/h4-6,11,16,22H,3,7-8H2,1-2H3,(H,18,20,21). The first-order valence-electron chi connectivity index (χ1n) is 7.50. The third kappa shape index (κ3) is 2.29. The first-order chi connectivity index (χ1) is 10.5. The largest absolute Gasteiger partial charge is 0.369 e. The van der Waals surface area contributed by atoms with Crippen LogP contribution in [0, 0.1) is 6.92 Å². The zero-order chi connectivity index (χ0) is 15.9. The molecule has 2 N–H and O–H groups in total. The lowest BCUT2D eigenvalue weighted by molar-refractivity contribution is -0.139. The van der Waals surface area contributed by atoms with Gasteiger partial charge in [-0.1, -0.05) is 19.1 Å². The summed E-state index contributed by atoms with van der Waals surface area (Å²) in [6.07, 6.45) is 0.342. The number of carbonyl (C=O) groups excluding carboxylic acids is 2. The molecule has 2 aliphatic rings. The minimum absolute atomic E-state index is 0.265. The molecule has 6 nitrogen and oxygen atoms in total. The number of nitrogens with zero attached hydrogens (tertiary/aromatic N) is 2. The Balaban J connectivity index is 2.03. The molecule has 0 aliphatic carbocycles. The molecule has 0 aromatic heterocycles. The molecule has 22 heavy (non-hydrogen) atoms. The molecule has 0 saturated carbocycles. The van der Waals surface area contributed by atoms with E-state index in [-0.39, 0.29) is 18.2 Å². The fourth-order valence-electron chi connectivity index (χ4n) is 3.14. The van der Waals surface area contributed by atoms with Gasteiger partial charge in [0.05, 0.1) is 5.69 Å². The number of piperidine rings is 1. The first kappa shape index (κ1) is 14.7. The first-order valence-corrected chi connectivity index (χ1v) is 7.50. The summed E-state index contributed by atoms with van der Waals surface area (Å²) in [5.41, 5.74) is 2.40. The van der Waals surface area contributed by atoms with Gasteiger partial charge in [-0.25, -0.2) is 4.99 Å². The Hall–Kier alpha value is -2.21. The van der Waals surface area contributed by atoms with E-state index in [9.17, 15) is 14.7 Å². The summed E-state index contributed by atoms with van der Waals surface area (Å²) in [5, 5.41) is 13.2. The fourth-order valence-corrected chi connectivity index (χ4v) is 3.14. The lowest BCUT2D eigenvalue weighted by atomic mass is 9.97. The van der Waals surface area contributed by atoms with Crippen LogP contribution in [-0.2, 0) is 9.59 Å². The summed E-state index contributed by atoms with van der Waals surface area (Å²) < 4.78 is 0. The quantitative estimate of drug-likeness (QED) is 0.812. The second kappa shape index (κ2) is 5.53. The van der Waals surface area contributed by atoms with Crippen molar-refractivity contribution in [2.75, 3.05) is 0 Å². The molecule has 0 spiro atoms. The molecule has 2 atom stereocenters. The van der Waals surface area contributed by atoms with Gasteiger partial charge < -0.3 is 10.0 Å². The number of rotatable bonds is 2. The van der Waals surface area contributed by atoms with E-state index in [2.05, 4.69) is 10.3 Å². The van der Waals surface area contributed by atoms with Crippen LogP contribution in [0.4, 0.5) is 5.69 Å². The Labute approximate surface area is 128 Å². The van der Waals surface area contributed by atoms with Crippen molar-refractivity contribution in [3.8, 4) is 0 Å². The minimum atomic E-state index is -0.924. The summed E-state index contributed by atoms with van der Waals surface area (Å²) in [7, 11) is 0. The molecular weight excluding hydrogens is 282 g/mol. The van der Waals surface area contributed by atoms with Crippen LogP contribution in [0.2, 0.25) is 0 Å². The van der Waals surface area contributed by atoms with Gasteiger partial charge in [0.1, 0.15) is 11.9 Å². The third-order valence-corrected chi connectivity index (χ3v) is 4.23. The highest BCUT2D eigenvalue weighted by atomic mass is 16.3. The van der Waals surface area contributed by atoms with Gasteiger partial charge in [-0.2, -0.15) is 0 Å².